The van der Waals surface area contributed by atoms with E-state index in [0.29, 0.717) is 0 Å². The lowest BCUT2D eigenvalue weighted by Crippen LogP contribution is -2.74. The Kier molecular flexibility index (Phi) is 13.3. The van der Waals surface area contributed by atoms with Gasteiger partial charge in [0.25, 0.3) is 0 Å². The van der Waals surface area contributed by atoms with E-state index in [-0.39, 0.29) is 34.9 Å². The first-order chi connectivity index (χ1) is 25.9. The molecule has 0 saturated heterocycles. The minimum Gasteiger partial charge on any atom is -0.319 e. The molecule has 0 atom stereocenters. The van der Waals surface area contributed by atoms with Gasteiger partial charge in [0.15, 0.2) is 0 Å². The van der Waals surface area contributed by atoms with E-state index in [0.717, 1.165) is 0 Å². The van der Waals surface area contributed by atoms with Crippen LogP contribution in [0.25, 0.3) is 0 Å². The van der Waals surface area contributed by atoms with Gasteiger partial charge in [-0.15, -0.1) is 0 Å². The molecule has 0 aliphatic rings. The molecule has 0 bridgehead atoms. The van der Waals surface area contributed by atoms with Crippen molar-refractivity contribution in [2.24, 2.45) is 0 Å². The molecule has 350 valence electrons. The Hall–Kier alpha value is -4.08. The zero-order valence-electron chi connectivity index (χ0n) is 26.4. The SMILES string of the molecule is O=C(Nc1ccccc1NC(=O)C(F)(F)C(F)(F)C(F)(F)C(F)(F)C(F)(F)C(F)(F)C(F)(F)C(F)F)C(F)(F)C(F)(F)C(F)(F)C(F)(F)C(F)(F)C(F)(F)C(F)(F)C(F)F. The molecule has 0 radical (unpaired) electrons. The van der Waals surface area contributed by atoms with Crippen molar-refractivity contribution in [3.8, 4) is 0 Å². The second-order valence-corrected chi connectivity index (χ2v) is 11.2. The van der Waals surface area contributed by atoms with Crippen LogP contribution in [0.5, 0.6) is 0 Å². The van der Waals surface area contributed by atoms with E-state index < -0.39 is 119 Å². The molecule has 2 N–H and O–H groups in total. The van der Waals surface area contributed by atoms with Gasteiger partial charge < -0.3 is 10.6 Å². The Morgan fingerprint density at radius 3 is 0.717 bits per heavy atom. The normalized spacial score (nSPS) is 15.8. The number of hydrogen-bond acceptors (Lipinski definition) is 2. The van der Waals surface area contributed by atoms with Gasteiger partial charge in [0.1, 0.15) is 0 Å². The van der Waals surface area contributed by atoms with E-state index in [1.807, 2.05) is 0 Å². The highest BCUT2D eigenvalue weighted by Gasteiger charge is 2.96. The summed E-state index contributed by atoms with van der Waals surface area (Å²) in [6.45, 7) is 0. The van der Waals surface area contributed by atoms with Gasteiger partial charge in [-0.3, -0.25) is 9.59 Å². The number of amides is 2. The van der Waals surface area contributed by atoms with Gasteiger partial charge in [0.05, 0.1) is 11.4 Å². The molecule has 60 heavy (non-hydrogen) atoms. The van der Waals surface area contributed by atoms with Crippen LogP contribution in [0, 0.1) is 0 Å². The number of para-hydroxylation sites is 2. The number of carbonyl (C=O) groups is 2. The Morgan fingerprint density at radius 1 is 0.333 bits per heavy atom. The van der Waals surface area contributed by atoms with Crippen LogP contribution in [0.3, 0.4) is 0 Å². The van der Waals surface area contributed by atoms with Crippen molar-refractivity contribution in [3.63, 3.8) is 0 Å². The van der Waals surface area contributed by atoms with Gasteiger partial charge in [-0.1, -0.05) is 12.1 Å². The van der Waals surface area contributed by atoms with Crippen LogP contribution in [0.1, 0.15) is 0 Å². The molecule has 1 aromatic rings. The molecular formula is C24H8F32N2O2. The third-order valence-corrected chi connectivity index (χ3v) is 7.32. The largest absolute Gasteiger partial charge is 0.393 e. The summed E-state index contributed by atoms with van der Waals surface area (Å²) in [4.78, 5) is 23.6. The lowest BCUT2D eigenvalue weighted by atomic mass is 9.89. The van der Waals surface area contributed by atoms with Gasteiger partial charge in [0, 0.05) is 0 Å². The third kappa shape index (κ3) is 7.00. The fourth-order valence-electron chi connectivity index (χ4n) is 3.66. The molecule has 1 rings (SSSR count). The van der Waals surface area contributed by atoms with Gasteiger partial charge in [-0.25, -0.2) is 17.6 Å². The van der Waals surface area contributed by atoms with Gasteiger partial charge in [0.2, 0.25) is 0 Å². The predicted octanol–water partition coefficient (Wildman–Crippen LogP) is 11.0. The minimum atomic E-state index is -9.08. The molecule has 0 fully saturated rings. The van der Waals surface area contributed by atoms with Crippen molar-refractivity contribution < 1.29 is 150 Å². The van der Waals surface area contributed by atoms with Crippen LogP contribution < -0.4 is 10.6 Å². The van der Waals surface area contributed by atoms with Crippen LogP contribution in [-0.2, 0) is 9.59 Å². The number of rotatable bonds is 18. The monoisotopic (exact) mass is 964 g/mol. The average Bonchev–Trinajstić information content (AvgIpc) is 3.07. The molecule has 0 unspecified atom stereocenters. The average molecular weight is 964 g/mol. The first-order valence-corrected chi connectivity index (χ1v) is 13.5. The highest BCUT2D eigenvalue weighted by molar-refractivity contribution is 6.04. The smallest absolute Gasteiger partial charge is 0.319 e. The Morgan fingerprint density at radius 2 is 0.517 bits per heavy atom. The first-order valence-electron chi connectivity index (χ1n) is 13.5. The minimum absolute atomic E-state index is 0.0337. The second kappa shape index (κ2) is 14.8. The Balaban J connectivity index is 3.72. The summed E-state index contributed by atoms with van der Waals surface area (Å²) in [6, 6.07) is -0.592. The molecule has 2 amide bonds. The third-order valence-electron chi connectivity index (χ3n) is 7.32. The summed E-state index contributed by atoms with van der Waals surface area (Å²) in [7, 11) is 0. The van der Waals surface area contributed by atoms with Crippen molar-refractivity contribution in [1.29, 1.82) is 0 Å². The topological polar surface area (TPSA) is 58.2 Å². The number of halogens is 32. The molecule has 0 spiro atoms. The molecule has 0 aliphatic carbocycles. The van der Waals surface area contributed by atoms with Crippen LogP contribution in [0.2, 0.25) is 0 Å². The van der Waals surface area contributed by atoms with E-state index in [2.05, 4.69) is 0 Å². The Labute approximate surface area is 305 Å². The highest BCUT2D eigenvalue weighted by atomic mass is 19.4. The first kappa shape index (κ1) is 53.9. The summed E-state index contributed by atoms with van der Waals surface area (Å²) in [5, 5.41) is -0.0673. The van der Waals surface area contributed by atoms with Crippen molar-refractivity contribution >= 4 is 23.2 Å². The fourth-order valence-corrected chi connectivity index (χ4v) is 3.66. The number of hydrogen-bond donors (Lipinski definition) is 2. The number of benzene rings is 1. The predicted molar refractivity (Wildman–Crippen MR) is 125 cm³/mol. The van der Waals surface area contributed by atoms with Crippen molar-refractivity contribution in [2.45, 2.75) is 95.8 Å². The lowest BCUT2D eigenvalue weighted by Gasteiger charge is -2.42. The van der Waals surface area contributed by atoms with Crippen LogP contribution in [0.15, 0.2) is 24.3 Å². The molecule has 1 aromatic carbocycles. The molecule has 0 heterocycles. The fraction of sp³-hybridized carbons (Fsp3) is 0.667. The highest BCUT2D eigenvalue weighted by Crippen LogP contribution is 2.65. The van der Waals surface area contributed by atoms with Crippen molar-refractivity contribution in [1.82, 2.24) is 0 Å². The van der Waals surface area contributed by atoms with Gasteiger partial charge in [-0.05, 0) is 12.1 Å². The molecule has 36 heteroatoms. The number of carbonyl (C=O) groups excluding carboxylic acids is 2. The van der Waals surface area contributed by atoms with E-state index in [4.69, 9.17) is 0 Å². The zero-order valence-corrected chi connectivity index (χ0v) is 26.4. The number of anilines is 2. The van der Waals surface area contributed by atoms with E-state index in [1.165, 1.54) is 0 Å². The molecular weight excluding hydrogens is 956 g/mol. The van der Waals surface area contributed by atoms with Crippen LogP contribution in [0.4, 0.5) is 152 Å². The van der Waals surface area contributed by atoms with E-state index >= 15 is 0 Å². The summed E-state index contributed by atoms with van der Waals surface area (Å²) in [6.07, 6.45) is -12.5. The summed E-state index contributed by atoms with van der Waals surface area (Å²) >= 11 is 0. The maximum Gasteiger partial charge on any atom is 0.393 e. The molecule has 0 aliphatic heterocycles. The second-order valence-electron chi connectivity index (χ2n) is 11.2. The quantitative estimate of drug-likeness (QED) is 0.144. The standard InChI is InChI=1S/C24H8F32N2O2/c25-7(26)11(29,30)15(37,38)19(45,46)23(53,54)21(49,50)17(41,42)13(33,34)9(59)57-5-3-1-2-4-6(5)58-10(60)14(35,36)18(43,44)22(51,52)24(55,56)20(47,48)16(39,40)12(31,32)8(27)28/h1-4,7-8H,(H,57,59)(H,58,60). The number of nitrogens with one attached hydrogen (secondary N) is 2. The summed E-state index contributed by atoms with van der Waals surface area (Å²) in [5.41, 5.74) is -4.74. The van der Waals surface area contributed by atoms with E-state index in [9.17, 15) is 150 Å². The number of alkyl halides is 32. The lowest BCUT2D eigenvalue weighted by molar-refractivity contribution is -0.443. The summed E-state index contributed by atoms with van der Waals surface area (Å²) in [5.74, 6) is -129. The molecule has 0 aromatic heterocycles. The maximum absolute atomic E-state index is 14.3. The molecule has 4 nitrogen and oxygen atoms in total. The van der Waals surface area contributed by atoms with E-state index in [1.54, 1.807) is 0 Å². The van der Waals surface area contributed by atoms with Gasteiger partial charge >= 0.3 is 108 Å². The van der Waals surface area contributed by atoms with Crippen molar-refractivity contribution in [2.75, 3.05) is 10.6 Å². The Bertz CT molecular complexity index is 1630. The van der Waals surface area contributed by atoms with Crippen LogP contribution >= 0.6 is 0 Å². The maximum atomic E-state index is 14.3. The van der Waals surface area contributed by atoms with Crippen LogP contribution in [-0.4, -0.2) is 108 Å². The summed E-state index contributed by atoms with van der Waals surface area (Å²) < 4.78 is 433. The zero-order chi connectivity index (χ0) is 48.7. The van der Waals surface area contributed by atoms with Crippen molar-refractivity contribution in [3.05, 3.63) is 24.3 Å². The van der Waals surface area contributed by atoms with Gasteiger partial charge in [-0.2, -0.15) is 123 Å². The molecule has 0 saturated carbocycles.